The van der Waals surface area contributed by atoms with Gasteiger partial charge in [0, 0.05) is 13.0 Å². The lowest BCUT2D eigenvalue weighted by molar-refractivity contribution is -0.143. The van der Waals surface area contributed by atoms with Crippen LogP contribution in [0.15, 0.2) is 35.3 Å². The number of carboxylic acids is 2. The first kappa shape index (κ1) is 33.8. The molecule has 15 heteroatoms. The average Bonchev–Trinajstić information content (AvgIpc) is 2.89. The van der Waals surface area contributed by atoms with Crippen molar-refractivity contribution in [3.8, 4) is 0 Å². The number of rotatable bonds is 19. The Kier molecular flexibility index (Phi) is 15.3. The lowest BCUT2D eigenvalue weighted by Crippen LogP contribution is -2.58. The highest BCUT2D eigenvalue weighted by atomic mass is 16.4. The minimum atomic E-state index is -1.61. The van der Waals surface area contributed by atoms with Crippen molar-refractivity contribution in [1.29, 1.82) is 0 Å². The molecule has 0 spiro atoms. The summed E-state index contributed by atoms with van der Waals surface area (Å²) in [6, 6.07) is 3.56. The molecule has 0 aliphatic carbocycles. The highest BCUT2D eigenvalue weighted by Gasteiger charge is 2.31. The normalized spacial score (nSPS) is 13.7. The molecule has 0 bridgehead atoms. The highest BCUT2D eigenvalue weighted by Crippen LogP contribution is 2.07. The second kappa shape index (κ2) is 18.1. The number of carboxylic acid groups (broad SMARTS) is 2. The molecule has 0 saturated heterocycles. The van der Waals surface area contributed by atoms with E-state index >= 15 is 0 Å². The quantitative estimate of drug-likeness (QED) is 0.0491. The van der Waals surface area contributed by atoms with Crippen molar-refractivity contribution in [1.82, 2.24) is 16.0 Å². The molecule has 1 aromatic carbocycles. The Labute approximate surface area is 232 Å². The number of nitrogens with zero attached hydrogens (tertiary/aromatic N) is 1. The molecule has 0 saturated carbocycles. The van der Waals surface area contributed by atoms with E-state index in [9.17, 15) is 34.2 Å². The van der Waals surface area contributed by atoms with E-state index in [0.717, 1.165) is 0 Å². The predicted octanol–water partition coefficient (Wildman–Crippen LogP) is -2.25. The Morgan fingerprint density at radius 2 is 1.40 bits per heavy atom. The Balaban J connectivity index is 3.03. The number of aliphatic carboxylic acids is 2. The molecule has 13 N–H and O–H groups in total. The van der Waals surface area contributed by atoms with Gasteiger partial charge >= 0.3 is 11.9 Å². The molecule has 15 nitrogen and oxygen atoms in total. The molecule has 0 aliphatic heterocycles. The van der Waals surface area contributed by atoms with Crippen LogP contribution in [0.2, 0.25) is 0 Å². The molecule has 4 atom stereocenters. The molecule has 3 amide bonds. The molecule has 0 aliphatic rings. The summed E-state index contributed by atoms with van der Waals surface area (Å²) in [6.07, 6.45) is 0.833. The minimum Gasteiger partial charge on any atom is -0.481 e. The largest absolute Gasteiger partial charge is 0.481 e. The molecule has 0 heterocycles. The van der Waals surface area contributed by atoms with Crippen LogP contribution >= 0.6 is 0 Å². The van der Waals surface area contributed by atoms with E-state index < -0.39 is 60.2 Å². The topological polar surface area (TPSA) is 278 Å². The van der Waals surface area contributed by atoms with Crippen LogP contribution in [0.1, 0.15) is 44.1 Å². The number of carbonyl (C=O) groups excluding carboxylic acids is 3. The van der Waals surface area contributed by atoms with Gasteiger partial charge in [-0.3, -0.25) is 24.2 Å². The Hall–Kier alpha value is -4.24. The fourth-order valence-corrected chi connectivity index (χ4v) is 3.67. The number of guanidine groups is 1. The van der Waals surface area contributed by atoms with Gasteiger partial charge in [-0.15, -0.1) is 0 Å². The van der Waals surface area contributed by atoms with Crippen molar-refractivity contribution >= 4 is 35.6 Å². The van der Waals surface area contributed by atoms with Crippen LogP contribution in [-0.4, -0.2) is 83.1 Å². The molecule has 1 aromatic rings. The van der Waals surface area contributed by atoms with E-state index in [0.29, 0.717) is 31.4 Å². The van der Waals surface area contributed by atoms with Gasteiger partial charge in [0.2, 0.25) is 17.7 Å². The maximum Gasteiger partial charge on any atom is 0.326 e. The first-order chi connectivity index (χ1) is 18.9. The number of hydrogen-bond donors (Lipinski definition) is 9. The van der Waals surface area contributed by atoms with Crippen LogP contribution in [0.5, 0.6) is 0 Å². The number of amides is 3. The maximum atomic E-state index is 13.3. The monoisotopic (exact) mass is 564 g/mol. The predicted molar refractivity (Wildman–Crippen MR) is 147 cm³/mol. The fourth-order valence-electron chi connectivity index (χ4n) is 3.67. The number of nitrogens with one attached hydrogen (secondary N) is 3. The number of unbranched alkanes of at least 4 members (excludes halogenated alkanes) is 1. The van der Waals surface area contributed by atoms with Crippen molar-refractivity contribution in [2.75, 3.05) is 13.1 Å². The number of carbonyl (C=O) groups is 5. The van der Waals surface area contributed by atoms with E-state index in [1.54, 1.807) is 30.3 Å². The molecule has 1 rings (SSSR count). The molecule has 40 heavy (non-hydrogen) atoms. The van der Waals surface area contributed by atoms with Crippen LogP contribution in [0.4, 0.5) is 0 Å². The van der Waals surface area contributed by atoms with Gasteiger partial charge in [0.25, 0.3) is 0 Å². The Morgan fingerprint density at radius 3 is 1.98 bits per heavy atom. The molecule has 222 valence electrons. The summed E-state index contributed by atoms with van der Waals surface area (Å²) in [5.74, 6) is -5.29. The molecular formula is C25H40N8O7. The van der Waals surface area contributed by atoms with E-state index in [1.165, 1.54) is 0 Å². The first-order valence-corrected chi connectivity index (χ1v) is 12.8. The van der Waals surface area contributed by atoms with Gasteiger partial charge in [-0.2, -0.15) is 0 Å². The van der Waals surface area contributed by atoms with Crippen molar-refractivity contribution < 1.29 is 34.2 Å². The van der Waals surface area contributed by atoms with E-state index in [-0.39, 0.29) is 31.8 Å². The van der Waals surface area contributed by atoms with Gasteiger partial charge in [0.05, 0.1) is 12.5 Å². The van der Waals surface area contributed by atoms with E-state index in [4.69, 9.17) is 22.9 Å². The maximum absolute atomic E-state index is 13.3. The third-order valence-corrected chi connectivity index (χ3v) is 5.79. The smallest absolute Gasteiger partial charge is 0.326 e. The summed E-state index contributed by atoms with van der Waals surface area (Å²) in [6.45, 7) is 0.596. The van der Waals surface area contributed by atoms with E-state index in [1.807, 2.05) is 0 Å². The van der Waals surface area contributed by atoms with Crippen molar-refractivity contribution in [3.63, 3.8) is 0 Å². The van der Waals surface area contributed by atoms with Gasteiger partial charge in [-0.05, 0) is 44.2 Å². The lowest BCUT2D eigenvalue weighted by Gasteiger charge is -2.25. The third-order valence-electron chi connectivity index (χ3n) is 5.79. The summed E-state index contributed by atoms with van der Waals surface area (Å²) in [7, 11) is 0. The molecule has 4 unspecified atom stereocenters. The summed E-state index contributed by atoms with van der Waals surface area (Å²) in [5, 5.41) is 25.9. The van der Waals surface area contributed by atoms with Crippen molar-refractivity contribution in [2.24, 2.45) is 27.9 Å². The van der Waals surface area contributed by atoms with Crippen LogP contribution in [0.3, 0.4) is 0 Å². The summed E-state index contributed by atoms with van der Waals surface area (Å²) in [4.78, 5) is 65.7. The molecular weight excluding hydrogens is 524 g/mol. The van der Waals surface area contributed by atoms with E-state index in [2.05, 4.69) is 20.9 Å². The van der Waals surface area contributed by atoms with Crippen molar-refractivity contribution in [2.45, 2.75) is 69.1 Å². The Morgan fingerprint density at radius 1 is 0.800 bits per heavy atom. The zero-order valence-corrected chi connectivity index (χ0v) is 22.3. The third kappa shape index (κ3) is 13.5. The fraction of sp³-hybridized carbons (Fsp3) is 0.520. The molecule has 0 aromatic heterocycles. The van der Waals surface area contributed by atoms with Gasteiger partial charge in [-0.1, -0.05) is 30.3 Å². The van der Waals surface area contributed by atoms with Crippen LogP contribution < -0.4 is 38.9 Å². The zero-order chi connectivity index (χ0) is 30.1. The number of nitrogens with two attached hydrogens (primary N) is 4. The van der Waals surface area contributed by atoms with Gasteiger partial charge < -0.3 is 49.1 Å². The molecule has 0 radical (unpaired) electrons. The number of hydrogen-bond acceptors (Lipinski definition) is 8. The Bertz CT molecular complexity index is 1020. The van der Waals surface area contributed by atoms with Crippen molar-refractivity contribution in [3.05, 3.63) is 35.9 Å². The zero-order valence-electron chi connectivity index (χ0n) is 22.3. The summed E-state index contributed by atoms with van der Waals surface area (Å²) in [5.41, 5.74) is 22.6. The van der Waals surface area contributed by atoms with Crippen LogP contribution in [0, 0.1) is 0 Å². The van der Waals surface area contributed by atoms with Crippen LogP contribution in [-0.2, 0) is 30.4 Å². The number of aliphatic imine (C=N–C) groups is 1. The van der Waals surface area contributed by atoms with Gasteiger partial charge in [-0.25, -0.2) is 4.79 Å². The SMILES string of the molecule is NCCCCC(NC(=O)C(CC(=O)O)NC(=O)C(Cc1ccccc1)NC(=O)C(N)CCCN=C(N)N)C(=O)O. The lowest BCUT2D eigenvalue weighted by atomic mass is 10.0. The summed E-state index contributed by atoms with van der Waals surface area (Å²) >= 11 is 0. The first-order valence-electron chi connectivity index (χ1n) is 12.8. The second-order valence-corrected chi connectivity index (χ2v) is 9.15. The van der Waals surface area contributed by atoms with Gasteiger partial charge in [0.15, 0.2) is 5.96 Å². The molecule has 0 fully saturated rings. The average molecular weight is 565 g/mol. The van der Waals surface area contributed by atoms with Crippen LogP contribution in [0.25, 0.3) is 0 Å². The standard InChI is InChI=1S/C25H40N8O7/c26-11-5-4-10-17(24(39)40)31-23(38)19(14-20(34)35)33-22(37)18(13-15-7-2-1-3-8-15)32-21(36)16(27)9-6-12-30-25(28)29/h1-3,7-8,16-19H,4-6,9-14,26-27H2,(H,31,38)(H,32,36)(H,33,37)(H,34,35)(H,39,40)(H4,28,29,30). The highest BCUT2D eigenvalue weighted by molar-refractivity contribution is 5.95. The van der Waals surface area contributed by atoms with Gasteiger partial charge in [0.1, 0.15) is 18.1 Å². The second-order valence-electron chi connectivity index (χ2n) is 9.15. The number of benzene rings is 1. The minimum absolute atomic E-state index is 0.0113. The summed E-state index contributed by atoms with van der Waals surface area (Å²) < 4.78 is 0.